The lowest BCUT2D eigenvalue weighted by Crippen LogP contribution is -2.46. The molecule has 0 saturated carbocycles. The van der Waals surface area contributed by atoms with E-state index in [0.29, 0.717) is 10.9 Å². The molecular weight excluding hydrogens is 292 g/mol. The molecule has 10 heteroatoms. The molecule has 2 heterocycles. The van der Waals surface area contributed by atoms with E-state index in [2.05, 4.69) is 5.10 Å². The van der Waals surface area contributed by atoms with Crippen LogP contribution in [0.4, 0.5) is 8.78 Å². The van der Waals surface area contributed by atoms with Crippen molar-refractivity contribution in [2.24, 2.45) is 0 Å². The van der Waals surface area contributed by atoms with E-state index in [0.717, 1.165) is 0 Å². The van der Waals surface area contributed by atoms with E-state index >= 15 is 0 Å². The molecule has 1 aromatic rings. The van der Waals surface area contributed by atoms with Crippen molar-refractivity contribution < 1.29 is 23.7 Å². The largest absolute Gasteiger partial charge is 0.394 e. The summed E-state index contributed by atoms with van der Waals surface area (Å²) in [7, 11) is 0. The van der Waals surface area contributed by atoms with E-state index in [-0.39, 0.29) is 0 Å². The summed E-state index contributed by atoms with van der Waals surface area (Å²) in [5, 5.41) is 22.3. The van der Waals surface area contributed by atoms with Crippen LogP contribution in [0, 0.1) is 11.8 Å². The summed E-state index contributed by atoms with van der Waals surface area (Å²) in [6.45, 7) is -1.93. The van der Waals surface area contributed by atoms with E-state index in [1.54, 1.807) is 0 Å². The zero-order valence-electron chi connectivity index (χ0n) is 10.5. The van der Waals surface area contributed by atoms with Gasteiger partial charge in [-0.15, -0.1) is 0 Å². The van der Waals surface area contributed by atoms with Gasteiger partial charge in [-0.2, -0.15) is 9.78 Å². The number of nitrogens with one attached hydrogen (secondary N) is 1. The van der Waals surface area contributed by atoms with Crippen LogP contribution in [0.5, 0.6) is 0 Å². The second-order valence-electron chi connectivity index (χ2n) is 4.24. The molecule has 0 amide bonds. The highest BCUT2D eigenvalue weighted by Gasteiger charge is 2.58. The predicted octanol–water partition coefficient (Wildman–Crippen LogP) is -2.14. The van der Waals surface area contributed by atoms with E-state index in [9.17, 15) is 23.5 Å². The monoisotopic (exact) mass is 303 g/mol. The average molecular weight is 303 g/mol. The van der Waals surface area contributed by atoms with Gasteiger partial charge in [-0.25, -0.2) is 13.6 Å². The minimum Gasteiger partial charge on any atom is -0.394 e. The summed E-state index contributed by atoms with van der Waals surface area (Å²) in [6, 6.07) is 0. The normalized spacial score (nSPS) is 31.7. The van der Waals surface area contributed by atoms with Gasteiger partial charge in [0.15, 0.2) is 0 Å². The highest BCUT2D eigenvalue weighted by atomic mass is 19.1. The minimum atomic E-state index is -2.87. The fourth-order valence-electron chi connectivity index (χ4n) is 1.97. The maximum atomic E-state index is 14.8. The van der Waals surface area contributed by atoms with Crippen LogP contribution in [0.25, 0.3) is 0 Å². The zero-order valence-corrected chi connectivity index (χ0v) is 10.5. The number of hydrogen-bond donors (Lipinski definition) is 3. The van der Waals surface area contributed by atoms with Gasteiger partial charge in [-0.05, 0) is 0 Å². The Labute approximate surface area is 116 Å². The summed E-state index contributed by atoms with van der Waals surface area (Å²) < 4.78 is 32.4. The predicted molar refractivity (Wildman–Crippen MR) is 63.7 cm³/mol. The van der Waals surface area contributed by atoms with Gasteiger partial charge in [0.1, 0.15) is 25.1 Å². The van der Waals surface area contributed by atoms with Crippen molar-refractivity contribution in [1.29, 1.82) is 0 Å². The fourth-order valence-corrected chi connectivity index (χ4v) is 1.97. The lowest BCUT2D eigenvalue weighted by Gasteiger charge is -2.22. The summed E-state index contributed by atoms with van der Waals surface area (Å²) in [5.41, 5.74) is -4.77. The van der Waals surface area contributed by atoms with Gasteiger partial charge in [0.25, 0.3) is 5.56 Å². The van der Waals surface area contributed by atoms with E-state index in [1.165, 1.54) is 0 Å². The Balaban J connectivity index is 2.53. The third-order valence-electron chi connectivity index (χ3n) is 2.93. The molecule has 1 unspecified atom stereocenters. The first-order valence-electron chi connectivity index (χ1n) is 5.81. The molecule has 0 spiro atoms. The molecule has 1 aromatic heterocycles. The molecule has 1 aliphatic rings. The van der Waals surface area contributed by atoms with Crippen molar-refractivity contribution in [3.8, 4) is 11.8 Å². The molecule has 0 aliphatic carbocycles. The Hall–Kier alpha value is -2.09. The number of ether oxygens (including phenoxy) is 1. The van der Waals surface area contributed by atoms with Gasteiger partial charge in [0.05, 0.1) is 6.61 Å². The highest BCUT2D eigenvalue weighted by Crippen LogP contribution is 2.40. The Morgan fingerprint density at radius 3 is 2.86 bits per heavy atom. The summed E-state index contributed by atoms with van der Waals surface area (Å²) in [6.07, 6.45) is -4.44. The van der Waals surface area contributed by atoms with E-state index < -0.39 is 48.6 Å². The maximum absolute atomic E-state index is 14.8. The van der Waals surface area contributed by atoms with Crippen molar-refractivity contribution in [2.75, 3.05) is 13.3 Å². The van der Waals surface area contributed by atoms with Crippen LogP contribution < -0.4 is 11.2 Å². The molecule has 2 rings (SSSR count). The first-order chi connectivity index (χ1) is 9.93. The number of alkyl halides is 2. The molecular formula is C11H11F2N3O5. The van der Waals surface area contributed by atoms with E-state index in [1.807, 2.05) is 16.8 Å². The van der Waals surface area contributed by atoms with Crippen LogP contribution in [0.2, 0.25) is 0 Å². The number of aliphatic hydroxyl groups is 2. The molecule has 0 bridgehead atoms. The third-order valence-corrected chi connectivity index (χ3v) is 2.93. The molecule has 1 saturated heterocycles. The van der Waals surface area contributed by atoms with Gasteiger partial charge in [0.2, 0.25) is 11.9 Å². The van der Waals surface area contributed by atoms with Crippen LogP contribution in [-0.4, -0.2) is 56.1 Å². The van der Waals surface area contributed by atoms with Crippen LogP contribution in [0.3, 0.4) is 0 Å². The van der Waals surface area contributed by atoms with Crippen LogP contribution in [0.1, 0.15) is 6.23 Å². The lowest BCUT2D eigenvalue weighted by atomic mass is 9.97. The number of aromatic amines is 1. The third kappa shape index (κ3) is 2.58. The van der Waals surface area contributed by atoms with Crippen molar-refractivity contribution in [2.45, 2.75) is 24.1 Å². The number of halogens is 2. The molecule has 1 aliphatic heterocycles. The van der Waals surface area contributed by atoms with Crippen molar-refractivity contribution in [3.63, 3.8) is 0 Å². The first kappa shape index (κ1) is 15.3. The maximum Gasteiger partial charge on any atom is 0.347 e. The Morgan fingerprint density at radius 2 is 2.29 bits per heavy atom. The van der Waals surface area contributed by atoms with Crippen LogP contribution in [0.15, 0.2) is 15.8 Å². The van der Waals surface area contributed by atoms with Crippen molar-refractivity contribution in [3.05, 3.63) is 27.0 Å². The zero-order chi connectivity index (χ0) is 15.6. The molecule has 114 valence electrons. The smallest absolute Gasteiger partial charge is 0.347 e. The topological polar surface area (TPSA) is 117 Å². The molecule has 1 fully saturated rings. The highest BCUT2D eigenvalue weighted by molar-refractivity contribution is 5.23. The summed E-state index contributed by atoms with van der Waals surface area (Å²) in [4.78, 5) is 24.4. The number of hydrogen-bond acceptors (Lipinski definition) is 6. The average Bonchev–Trinajstić information content (AvgIpc) is 2.70. The molecule has 3 N–H and O–H groups in total. The molecule has 0 aromatic carbocycles. The second-order valence-corrected chi connectivity index (χ2v) is 4.24. The quantitative estimate of drug-likeness (QED) is 0.537. The Kier molecular flexibility index (Phi) is 4.17. The standard InChI is InChI=1S/C11H11F2N3O5/c12-3-1-2-11(13)8(19)6(5-17)21-9(11)16-10(20)15-7(18)4-14-16/h4,6,8-9,17,19H,3,5H2,(H,15,18,20)/t6-,8+,9-,11?/m1/s1. The number of aromatic nitrogens is 3. The number of aliphatic hydroxyl groups excluding tert-OH is 2. The first-order valence-corrected chi connectivity index (χ1v) is 5.81. The van der Waals surface area contributed by atoms with E-state index in [4.69, 9.17) is 9.84 Å². The lowest BCUT2D eigenvalue weighted by molar-refractivity contribution is -0.0611. The van der Waals surface area contributed by atoms with Gasteiger partial charge in [-0.3, -0.25) is 9.78 Å². The van der Waals surface area contributed by atoms with Crippen LogP contribution in [-0.2, 0) is 4.74 Å². The number of rotatable bonds is 2. The molecule has 4 atom stereocenters. The van der Waals surface area contributed by atoms with Crippen molar-refractivity contribution >= 4 is 0 Å². The second kappa shape index (κ2) is 5.72. The van der Waals surface area contributed by atoms with Gasteiger partial charge in [-0.1, -0.05) is 11.8 Å². The summed E-state index contributed by atoms with van der Waals surface area (Å²) >= 11 is 0. The summed E-state index contributed by atoms with van der Waals surface area (Å²) in [5.74, 6) is 3.65. The van der Waals surface area contributed by atoms with Gasteiger partial charge >= 0.3 is 5.69 Å². The van der Waals surface area contributed by atoms with Crippen molar-refractivity contribution in [1.82, 2.24) is 14.8 Å². The van der Waals surface area contributed by atoms with Gasteiger partial charge in [0, 0.05) is 0 Å². The number of nitrogens with zero attached hydrogens (tertiary/aromatic N) is 2. The fraction of sp³-hybridized carbons (Fsp3) is 0.545. The number of H-pyrrole nitrogens is 1. The molecule has 21 heavy (non-hydrogen) atoms. The Morgan fingerprint density at radius 1 is 1.57 bits per heavy atom. The SMILES string of the molecule is O=c1cnn([C@@H]2O[C@H](CO)[C@H](O)C2(F)C#CCF)c(=O)[nH]1. The Bertz CT molecular complexity index is 693. The van der Waals surface area contributed by atoms with Gasteiger partial charge < -0.3 is 14.9 Å². The minimum absolute atomic E-state index is 0.424. The van der Waals surface area contributed by atoms with Crippen LogP contribution >= 0.6 is 0 Å². The molecule has 0 radical (unpaired) electrons. The molecule has 8 nitrogen and oxygen atoms in total.